The lowest BCUT2D eigenvalue weighted by molar-refractivity contribution is 0.0473. The number of halogens is 1. The number of pyridine rings is 1. The largest absolute Gasteiger partial charge is 0.490 e. The number of nitrogens with zero attached hydrogens (tertiary/aromatic N) is 1. The highest BCUT2D eigenvalue weighted by atomic mass is 19.1. The zero-order valence-electron chi connectivity index (χ0n) is 26.8. The molecular weight excluding hydrogens is 565 g/mol. The van der Waals surface area contributed by atoms with Crippen molar-refractivity contribution < 1.29 is 28.5 Å². The molecule has 1 saturated carbocycles. The molecule has 1 amide bonds. The summed E-state index contributed by atoms with van der Waals surface area (Å²) < 4.78 is 33.7. The van der Waals surface area contributed by atoms with Gasteiger partial charge in [-0.2, -0.15) is 0 Å². The number of hydrogen-bond acceptors (Lipinski definition) is 7. The summed E-state index contributed by atoms with van der Waals surface area (Å²) in [5, 5.41) is 10.8. The van der Waals surface area contributed by atoms with Gasteiger partial charge in [-0.05, 0) is 115 Å². The number of amides is 1. The van der Waals surface area contributed by atoms with Crippen LogP contribution in [0.4, 0.5) is 9.18 Å². The SMILES string of the molecule is Cc1cc(F)cc(C)c1Oc1ccc(C(C)(C)O)cc1-c1cn(C)c(=O)cc1O[C@H]1CC[C@@H](NNC(=O)OC(C)(C)C)CC1. The fourth-order valence-electron chi connectivity index (χ4n) is 5.26. The molecule has 3 N–H and O–H groups in total. The predicted molar refractivity (Wildman–Crippen MR) is 167 cm³/mol. The van der Waals surface area contributed by atoms with E-state index in [2.05, 4.69) is 10.9 Å². The van der Waals surface area contributed by atoms with Crippen molar-refractivity contribution in [2.75, 3.05) is 0 Å². The first kappa shape index (κ1) is 33.0. The molecule has 3 aromatic rings. The first-order valence-electron chi connectivity index (χ1n) is 14.9. The third-order valence-corrected chi connectivity index (χ3v) is 7.55. The number of carbonyl (C=O) groups excluding carboxylic acids is 1. The van der Waals surface area contributed by atoms with Crippen molar-refractivity contribution in [1.82, 2.24) is 15.4 Å². The Morgan fingerprint density at radius 1 is 0.955 bits per heavy atom. The highest BCUT2D eigenvalue weighted by Gasteiger charge is 2.27. The Balaban J connectivity index is 1.62. The van der Waals surface area contributed by atoms with Gasteiger partial charge in [-0.15, -0.1) is 0 Å². The number of aryl methyl sites for hydroxylation is 3. The lowest BCUT2D eigenvalue weighted by Gasteiger charge is -2.30. The summed E-state index contributed by atoms with van der Waals surface area (Å²) in [6.07, 6.45) is 3.89. The maximum absolute atomic E-state index is 14.0. The number of rotatable bonds is 8. The molecule has 1 fully saturated rings. The van der Waals surface area contributed by atoms with E-state index in [0.717, 1.165) is 12.8 Å². The molecule has 1 aliphatic carbocycles. The maximum atomic E-state index is 14.0. The van der Waals surface area contributed by atoms with E-state index in [-0.39, 0.29) is 23.5 Å². The van der Waals surface area contributed by atoms with Crippen LogP contribution in [-0.4, -0.2) is 33.5 Å². The van der Waals surface area contributed by atoms with Crippen LogP contribution in [0.1, 0.15) is 77.0 Å². The summed E-state index contributed by atoms with van der Waals surface area (Å²) in [6.45, 7) is 12.4. The zero-order chi connectivity index (χ0) is 32.4. The van der Waals surface area contributed by atoms with E-state index in [1.165, 1.54) is 22.8 Å². The molecule has 2 aromatic carbocycles. The molecule has 0 atom stereocenters. The fraction of sp³-hybridized carbons (Fsp3) is 0.471. The molecule has 44 heavy (non-hydrogen) atoms. The normalized spacial score (nSPS) is 17.2. The van der Waals surface area contributed by atoms with Crippen LogP contribution >= 0.6 is 0 Å². The molecule has 0 spiro atoms. The van der Waals surface area contributed by atoms with Gasteiger partial charge < -0.3 is 23.9 Å². The summed E-state index contributed by atoms with van der Waals surface area (Å²) in [5.41, 5.74) is 6.89. The number of aliphatic hydroxyl groups is 1. The minimum Gasteiger partial charge on any atom is -0.490 e. The Kier molecular flexibility index (Phi) is 9.75. The van der Waals surface area contributed by atoms with Crippen molar-refractivity contribution in [1.29, 1.82) is 0 Å². The number of carbonyl (C=O) groups is 1. The third kappa shape index (κ3) is 8.39. The van der Waals surface area contributed by atoms with Crippen molar-refractivity contribution in [2.24, 2.45) is 7.05 Å². The molecule has 0 aliphatic heterocycles. The Labute approximate surface area is 258 Å². The van der Waals surface area contributed by atoms with Crippen molar-refractivity contribution in [3.63, 3.8) is 0 Å². The van der Waals surface area contributed by atoms with Gasteiger partial charge in [-0.25, -0.2) is 14.6 Å². The van der Waals surface area contributed by atoms with Crippen LogP contribution in [0.25, 0.3) is 11.1 Å². The Bertz CT molecular complexity index is 1540. The summed E-state index contributed by atoms with van der Waals surface area (Å²) in [7, 11) is 1.67. The first-order valence-corrected chi connectivity index (χ1v) is 14.9. The quantitative estimate of drug-likeness (QED) is 0.249. The highest BCUT2D eigenvalue weighted by Crippen LogP contribution is 2.42. The molecular formula is C34H44FN3O6. The van der Waals surface area contributed by atoms with E-state index in [9.17, 15) is 19.1 Å². The van der Waals surface area contributed by atoms with Crippen LogP contribution < -0.4 is 25.9 Å². The monoisotopic (exact) mass is 609 g/mol. The van der Waals surface area contributed by atoms with Crippen molar-refractivity contribution in [3.8, 4) is 28.4 Å². The van der Waals surface area contributed by atoms with Gasteiger partial charge in [-0.3, -0.25) is 10.2 Å². The fourth-order valence-corrected chi connectivity index (χ4v) is 5.26. The Morgan fingerprint density at radius 3 is 2.18 bits per heavy atom. The number of benzene rings is 2. The summed E-state index contributed by atoms with van der Waals surface area (Å²) >= 11 is 0. The van der Waals surface area contributed by atoms with Crippen LogP contribution in [0, 0.1) is 19.7 Å². The van der Waals surface area contributed by atoms with Crippen molar-refractivity contribution in [2.45, 2.75) is 97.5 Å². The summed E-state index contributed by atoms with van der Waals surface area (Å²) in [5.74, 6) is 1.06. The van der Waals surface area contributed by atoms with Crippen LogP contribution in [0.3, 0.4) is 0 Å². The van der Waals surface area contributed by atoms with Gasteiger partial charge in [-0.1, -0.05) is 6.07 Å². The third-order valence-electron chi connectivity index (χ3n) is 7.55. The second-order valence-corrected chi connectivity index (χ2v) is 13.1. The molecule has 238 valence electrons. The van der Waals surface area contributed by atoms with Gasteiger partial charge >= 0.3 is 6.09 Å². The topological polar surface area (TPSA) is 111 Å². The molecule has 0 unspecified atom stereocenters. The molecule has 1 aliphatic rings. The van der Waals surface area contributed by atoms with E-state index >= 15 is 0 Å². The lowest BCUT2D eigenvalue weighted by atomic mass is 9.92. The van der Waals surface area contributed by atoms with Crippen LogP contribution in [0.2, 0.25) is 0 Å². The Hall–Kier alpha value is -3.89. The van der Waals surface area contributed by atoms with E-state index in [0.29, 0.717) is 57.9 Å². The van der Waals surface area contributed by atoms with E-state index < -0.39 is 17.3 Å². The van der Waals surface area contributed by atoms with Crippen LogP contribution in [0.5, 0.6) is 17.2 Å². The molecule has 4 rings (SSSR count). The van der Waals surface area contributed by atoms with Gasteiger partial charge in [0.2, 0.25) is 0 Å². The Morgan fingerprint density at radius 2 is 1.59 bits per heavy atom. The average molecular weight is 610 g/mol. The predicted octanol–water partition coefficient (Wildman–Crippen LogP) is 6.55. The zero-order valence-corrected chi connectivity index (χ0v) is 26.8. The second kappa shape index (κ2) is 13.0. The highest BCUT2D eigenvalue weighted by molar-refractivity contribution is 5.76. The molecule has 0 bridgehead atoms. The second-order valence-electron chi connectivity index (χ2n) is 13.1. The van der Waals surface area contributed by atoms with Crippen LogP contribution in [-0.2, 0) is 17.4 Å². The van der Waals surface area contributed by atoms with E-state index in [4.69, 9.17) is 14.2 Å². The van der Waals surface area contributed by atoms with Gasteiger partial charge in [0, 0.05) is 36.5 Å². The van der Waals surface area contributed by atoms with E-state index in [1.54, 1.807) is 73.8 Å². The maximum Gasteiger partial charge on any atom is 0.422 e. The molecule has 1 aromatic heterocycles. The molecule has 0 radical (unpaired) electrons. The number of hydrazine groups is 1. The van der Waals surface area contributed by atoms with Gasteiger partial charge in [0.1, 0.15) is 28.7 Å². The van der Waals surface area contributed by atoms with Crippen molar-refractivity contribution >= 4 is 6.09 Å². The molecule has 0 saturated heterocycles. The van der Waals surface area contributed by atoms with E-state index in [1.807, 2.05) is 6.07 Å². The molecule has 1 heterocycles. The number of ether oxygens (including phenoxy) is 3. The standard InChI is InChI=1S/C34H44FN3O6/c1-20-15-23(35)16-21(2)31(20)43-28-14-9-22(34(6,7)41)17-26(28)27-19-38(8)30(39)18-29(27)42-25-12-10-24(11-13-25)36-37-32(40)44-33(3,4)5/h9,14-19,24-25,36,41H,10-13H2,1-8H3,(H,37,40)/t24-,25+. The lowest BCUT2D eigenvalue weighted by Crippen LogP contribution is -2.48. The molecule has 10 heteroatoms. The van der Waals surface area contributed by atoms with Crippen molar-refractivity contribution in [3.05, 3.63) is 75.5 Å². The van der Waals surface area contributed by atoms with Gasteiger partial charge in [0.05, 0.1) is 11.7 Å². The first-order chi connectivity index (χ1) is 20.5. The smallest absolute Gasteiger partial charge is 0.422 e. The minimum absolute atomic E-state index is 0.0520. The number of aromatic nitrogens is 1. The van der Waals surface area contributed by atoms with Gasteiger partial charge in [0.15, 0.2) is 0 Å². The number of nitrogens with one attached hydrogen (secondary N) is 2. The van der Waals surface area contributed by atoms with Crippen LogP contribution in [0.15, 0.2) is 47.4 Å². The summed E-state index contributed by atoms with van der Waals surface area (Å²) in [6, 6.07) is 9.75. The minimum atomic E-state index is -1.14. The summed E-state index contributed by atoms with van der Waals surface area (Å²) in [4.78, 5) is 24.8. The molecule has 9 nitrogen and oxygen atoms in total. The average Bonchev–Trinajstić information content (AvgIpc) is 2.91. The number of hydrogen-bond donors (Lipinski definition) is 3. The van der Waals surface area contributed by atoms with Gasteiger partial charge in [0.25, 0.3) is 5.56 Å².